The molecular weight excluding hydrogens is 180 g/mol. The summed E-state index contributed by atoms with van der Waals surface area (Å²) in [6.07, 6.45) is 0. The molecule has 2 aromatic rings. The Labute approximate surface area is 80.8 Å². The Morgan fingerprint density at radius 1 is 1.43 bits per heavy atom. The van der Waals surface area contributed by atoms with Gasteiger partial charge < -0.3 is 5.73 Å². The summed E-state index contributed by atoms with van der Waals surface area (Å²) in [5.41, 5.74) is 7.38. The Morgan fingerprint density at radius 3 is 2.93 bits per heavy atom. The summed E-state index contributed by atoms with van der Waals surface area (Å²) in [6.45, 7) is 2.44. The third-order valence-electron chi connectivity index (χ3n) is 1.82. The Bertz CT molecular complexity index is 435. The van der Waals surface area contributed by atoms with E-state index in [2.05, 4.69) is 20.5 Å². The van der Waals surface area contributed by atoms with Crippen LogP contribution in [0, 0.1) is 6.92 Å². The molecule has 0 radical (unpaired) electrons. The van der Waals surface area contributed by atoms with Crippen molar-refractivity contribution in [2.24, 2.45) is 0 Å². The van der Waals surface area contributed by atoms with Gasteiger partial charge in [-0.2, -0.15) is 0 Å². The molecule has 0 aliphatic heterocycles. The van der Waals surface area contributed by atoms with Gasteiger partial charge in [-0.15, -0.1) is 0 Å². The summed E-state index contributed by atoms with van der Waals surface area (Å²) in [4.78, 5) is 4.32. The van der Waals surface area contributed by atoms with Crippen molar-refractivity contribution < 1.29 is 0 Å². The van der Waals surface area contributed by atoms with Crippen LogP contribution in [-0.2, 0) is 6.54 Å². The number of hydrogen-bond acceptors (Lipinski definition) is 5. The van der Waals surface area contributed by atoms with Gasteiger partial charge in [0.25, 0.3) is 0 Å². The Hall–Kier alpha value is -1.98. The van der Waals surface area contributed by atoms with E-state index < -0.39 is 0 Å². The van der Waals surface area contributed by atoms with Crippen LogP contribution >= 0.6 is 0 Å². The third kappa shape index (κ3) is 1.68. The molecule has 14 heavy (non-hydrogen) atoms. The predicted molar refractivity (Wildman–Crippen MR) is 50.3 cm³/mol. The average Bonchev–Trinajstić information content (AvgIpc) is 2.52. The van der Waals surface area contributed by atoms with Crippen molar-refractivity contribution >= 4 is 5.95 Å². The molecule has 6 heteroatoms. The molecule has 0 bridgehead atoms. The lowest BCUT2D eigenvalue weighted by Gasteiger charge is -2.01. The van der Waals surface area contributed by atoms with Gasteiger partial charge in [0.05, 0.1) is 12.2 Å². The lowest BCUT2D eigenvalue weighted by atomic mass is 10.3. The summed E-state index contributed by atoms with van der Waals surface area (Å²) >= 11 is 0. The highest BCUT2D eigenvalue weighted by molar-refractivity contribution is 5.15. The monoisotopic (exact) mass is 190 g/mol. The Balaban J connectivity index is 2.23. The molecule has 0 spiro atoms. The van der Waals surface area contributed by atoms with Crippen LogP contribution in [0.5, 0.6) is 0 Å². The Morgan fingerprint density at radius 2 is 2.29 bits per heavy atom. The van der Waals surface area contributed by atoms with Gasteiger partial charge in [-0.05, 0) is 29.5 Å². The smallest absolute Gasteiger partial charge is 0.240 e. The normalized spacial score (nSPS) is 10.4. The molecule has 6 nitrogen and oxygen atoms in total. The maximum absolute atomic E-state index is 5.53. The maximum atomic E-state index is 5.53. The number of nitrogens with zero attached hydrogens (tertiary/aromatic N) is 5. The maximum Gasteiger partial charge on any atom is 0.240 e. The number of rotatable bonds is 2. The second kappa shape index (κ2) is 3.41. The van der Waals surface area contributed by atoms with Crippen molar-refractivity contribution in [1.29, 1.82) is 0 Å². The minimum absolute atomic E-state index is 0.299. The third-order valence-corrected chi connectivity index (χ3v) is 1.82. The van der Waals surface area contributed by atoms with Crippen LogP contribution in [-0.4, -0.2) is 25.2 Å². The van der Waals surface area contributed by atoms with Crippen LogP contribution in [0.25, 0.3) is 0 Å². The highest BCUT2D eigenvalue weighted by Gasteiger charge is 2.02. The van der Waals surface area contributed by atoms with Gasteiger partial charge in [-0.1, -0.05) is 11.2 Å². The number of aromatic nitrogens is 5. The van der Waals surface area contributed by atoms with Crippen molar-refractivity contribution in [3.05, 3.63) is 29.6 Å². The fourth-order valence-corrected chi connectivity index (χ4v) is 1.17. The number of anilines is 1. The van der Waals surface area contributed by atoms with E-state index in [9.17, 15) is 0 Å². The molecule has 0 amide bonds. The van der Waals surface area contributed by atoms with Gasteiger partial charge >= 0.3 is 0 Å². The molecule has 2 rings (SSSR count). The van der Waals surface area contributed by atoms with E-state index in [0.717, 1.165) is 11.4 Å². The quantitative estimate of drug-likeness (QED) is 0.721. The number of hydrogen-bond donors (Lipinski definition) is 1. The number of nitrogens with two attached hydrogens (primary N) is 1. The van der Waals surface area contributed by atoms with E-state index in [4.69, 9.17) is 5.73 Å². The molecule has 0 atom stereocenters. The van der Waals surface area contributed by atoms with Crippen LogP contribution in [0.3, 0.4) is 0 Å². The second-order valence-corrected chi connectivity index (χ2v) is 2.97. The summed E-state index contributed by atoms with van der Waals surface area (Å²) < 4.78 is 1.50. The minimum Gasteiger partial charge on any atom is -0.367 e. The van der Waals surface area contributed by atoms with Crippen molar-refractivity contribution in [3.8, 4) is 0 Å². The highest BCUT2D eigenvalue weighted by atomic mass is 15.6. The highest BCUT2D eigenvalue weighted by Crippen LogP contribution is 2.02. The molecule has 2 heterocycles. The SMILES string of the molecule is Cc1cccc(Cn2nnnc2N)n1. The summed E-state index contributed by atoms with van der Waals surface area (Å²) in [5, 5.41) is 10.8. The van der Waals surface area contributed by atoms with Crippen LogP contribution in [0.2, 0.25) is 0 Å². The van der Waals surface area contributed by atoms with Crippen LogP contribution < -0.4 is 5.73 Å². The summed E-state index contributed by atoms with van der Waals surface area (Å²) in [7, 11) is 0. The molecule has 0 aliphatic rings. The average molecular weight is 190 g/mol. The van der Waals surface area contributed by atoms with Gasteiger partial charge in [0.15, 0.2) is 0 Å². The van der Waals surface area contributed by atoms with E-state index in [0.29, 0.717) is 12.5 Å². The van der Waals surface area contributed by atoms with Gasteiger partial charge in [0.1, 0.15) is 0 Å². The van der Waals surface area contributed by atoms with E-state index >= 15 is 0 Å². The number of pyridine rings is 1. The molecule has 0 fully saturated rings. The van der Waals surface area contributed by atoms with Crippen molar-refractivity contribution in [3.63, 3.8) is 0 Å². The van der Waals surface area contributed by atoms with Gasteiger partial charge in [0, 0.05) is 5.69 Å². The first-order valence-electron chi connectivity index (χ1n) is 4.20. The summed E-state index contributed by atoms with van der Waals surface area (Å²) in [5.74, 6) is 0.299. The minimum atomic E-state index is 0.299. The zero-order chi connectivity index (χ0) is 9.97. The van der Waals surface area contributed by atoms with Crippen molar-refractivity contribution in [1.82, 2.24) is 25.2 Å². The van der Waals surface area contributed by atoms with Gasteiger partial charge in [0.2, 0.25) is 5.95 Å². The zero-order valence-electron chi connectivity index (χ0n) is 7.75. The molecule has 72 valence electrons. The molecule has 0 saturated carbocycles. The molecule has 2 aromatic heterocycles. The molecule has 0 saturated heterocycles. The number of nitrogen functional groups attached to an aromatic ring is 1. The zero-order valence-corrected chi connectivity index (χ0v) is 7.75. The van der Waals surface area contributed by atoms with E-state index in [1.54, 1.807) is 0 Å². The van der Waals surface area contributed by atoms with Crippen LogP contribution in [0.15, 0.2) is 18.2 Å². The van der Waals surface area contributed by atoms with E-state index in [1.165, 1.54) is 4.68 Å². The second-order valence-electron chi connectivity index (χ2n) is 2.97. The fourth-order valence-electron chi connectivity index (χ4n) is 1.17. The Kier molecular flexibility index (Phi) is 2.10. The first-order valence-corrected chi connectivity index (χ1v) is 4.20. The van der Waals surface area contributed by atoms with Crippen molar-refractivity contribution in [2.45, 2.75) is 13.5 Å². The predicted octanol–water partition coefficient (Wildman–Crippen LogP) is 0.00702. The standard InChI is InChI=1S/C8H10N6/c1-6-3-2-4-7(10-6)5-14-8(9)11-12-13-14/h2-4H,5H2,1H3,(H2,9,11,13). The van der Waals surface area contributed by atoms with E-state index in [1.807, 2.05) is 25.1 Å². The molecule has 0 aromatic carbocycles. The molecule has 0 unspecified atom stereocenters. The van der Waals surface area contributed by atoms with Crippen LogP contribution in [0.4, 0.5) is 5.95 Å². The summed E-state index contributed by atoms with van der Waals surface area (Å²) in [6, 6.07) is 5.79. The first-order chi connectivity index (χ1) is 6.75. The van der Waals surface area contributed by atoms with Gasteiger partial charge in [-0.25, -0.2) is 4.68 Å². The molecular formula is C8H10N6. The fraction of sp³-hybridized carbons (Fsp3) is 0.250. The van der Waals surface area contributed by atoms with E-state index in [-0.39, 0.29) is 0 Å². The van der Waals surface area contributed by atoms with Gasteiger partial charge in [-0.3, -0.25) is 4.98 Å². The van der Waals surface area contributed by atoms with Crippen LogP contribution in [0.1, 0.15) is 11.4 Å². The number of aryl methyl sites for hydroxylation is 1. The first kappa shape index (κ1) is 8.61. The largest absolute Gasteiger partial charge is 0.367 e. The topological polar surface area (TPSA) is 82.5 Å². The number of tetrazole rings is 1. The molecule has 2 N–H and O–H groups in total. The lowest BCUT2D eigenvalue weighted by molar-refractivity contribution is 0.643. The van der Waals surface area contributed by atoms with Crippen molar-refractivity contribution in [2.75, 3.05) is 5.73 Å². The molecule has 0 aliphatic carbocycles. The lowest BCUT2D eigenvalue weighted by Crippen LogP contribution is -2.07.